The van der Waals surface area contributed by atoms with Crippen LogP contribution in [-0.2, 0) is 20.2 Å². The number of rotatable bonds is 11. The molecule has 0 saturated carbocycles. The maximum atomic E-state index is 15.1. The van der Waals surface area contributed by atoms with Gasteiger partial charge in [-0.05, 0) is 79.5 Å². The summed E-state index contributed by atoms with van der Waals surface area (Å²) in [5, 5.41) is -16.4. The van der Waals surface area contributed by atoms with Crippen LogP contribution < -0.4 is 8.37 Å². The Morgan fingerprint density at radius 2 is 0.613 bits per heavy atom. The van der Waals surface area contributed by atoms with Crippen LogP contribution >= 0.6 is 0 Å². The highest BCUT2D eigenvalue weighted by molar-refractivity contribution is 7.88. The minimum atomic E-state index is -7.90. The van der Waals surface area contributed by atoms with Crippen LogP contribution in [-0.4, -0.2) is 63.4 Å². The normalized spacial score (nSPS) is 14.5. The third kappa shape index (κ3) is 6.74. The monoisotopic (exact) mass is 950 g/mol. The first-order valence-corrected chi connectivity index (χ1v) is 19.1. The average molecular weight is 951 g/mol. The predicted octanol–water partition coefficient (Wildman–Crippen LogP) is 12.2. The van der Waals surface area contributed by atoms with E-state index >= 15 is 17.6 Å². The van der Waals surface area contributed by atoms with Gasteiger partial charge in [-0.1, -0.05) is 60.7 Å². The molecule has 26 heteroatoms. The first-order chi connectivity index (χ1) is 28.1. The van der Waals surface area contributed by atoms with Crippen molar-refractivity contribution in [1.29, 1.82) is 0 Å². The van der Waals surface area contributed by atoms with Gasteiger partial charge in [-0.15, -0.1) is 0 Å². The van der Waals surface area contributed by atoms with Crippen LogP contribution in [0.1, 0.15) is 0 Å². The molecule has 0 spiro atoms. The maximum Gasteiger partial charge on any atom is 0.460 e. The fraction of sp³-hybridized carbons (Fsp3) is 0.222. The lowest BCUT2D eigenvalue weighted by atomic mass is 9.90. The van der Waals surface area contributed by atoms with Gasteiger partial charge < -0.3 is 8.37 Å². The number of hydrogen-bond donors (Lipinski definition) is 0. The molecule has 0 radical (unpaired) electrons. The van der Waals surface area contributed by atoms with Crippen LogP contribution in [0, 0.1) is 0 Å². The zero-order valence-electron chi connectivity index (χ0n) is 29.3. The highest BCUT2D eigenvalue weighted by Gasteiger charge is 2.87. The molecule has 0 atom stereocenters. The molecule has 6 nitrogen and oxygen atoms in total. The first kappa shape index (κ1) is 46.1. The van der Waals surface area contributed by atoms with E-state index in [9.17, 15) is 78.3 Å². The van der Waals surface area contributed by atoms with Crippen LogP contribution in [0.2, 0.25) is 0 Å². The summed E-state index contributed by atoms with van der Waals surface area (Å²) in [5.74, 6) is -35.1. The van der Waals surface area contributed by atoms with E-state index < -0.39 is 100 Å². The summed E-state index contributed by atoms with van der Waals surface area (Å²) >= 11 is 0. The van der Waals surface area contributed by atoms with Gasteiger partial charge in [0.25, 0.3) is 0 Å². The van der Waals surface area contributed by atoms with E-state index in [2.05, 4.69) is 8.37 Å². The Bertz CT molecular complexity index is 2800. The molecular formula is C36H16F18O6S2. The minimum absolute atomic E-state index is 0.0317. The van der Waals surface area contributed by atoms with E-state index in [0.717, 1.165) is 12.1 Å². The zero-order valence-corrected chi connectivity index (χ0v) is 30.9. The lowest BCUT2D eigenvalue weighted by Gasteiger charge is -2.33. The molecule has 0 fully saturated rings. The van der Waals surface area contributed by atoms with E-state index in [-0.39, 0.29) is 44.5 Å². The molecule has 6 aromatic rings. The van der Waals surface area contributed by atoms with Crippen LogP contribution in [0.4, 0.5) is 79.0 Å². The van der Waals surface area contributed by atoms with Crippen molar-refractivity contribution in [2.75, 3.05) is 0 Å². The average Bonchev–Trinajstić information content (AvgIpc) is 3.15. The van der Waals surface area contributed by atoms with Gasteiger partial charge in [-0.25, -0.2) is 0 Å². The van der Waals surface area contributed by atoms with Crippen molar-refractivity contribution < 1.29 is 104 Å². The standard InChI is InChI=1S/C36H16F18O6S2/c37-29(38,33(45,46)47)31(41,42)35(51,52)61(55,56)59-25-11-9-21-13-17-5-1-3-7-19(17)15-23(21)27(25)28-24-16-20-8-4-2-6-18(20)14-22(24)10-12-26(28)60-62(57,58)36(53,54)32(43,44)30(39,40)34(48,49)50/h1-16H. The van der Waals surface area contributed by atoms with Crippen molar-refractivity contribution in [3.8, 4) is 22.6 Å². The molecular weight excluding hydrogens is 934 g/mol. The smallest absolute Gasteiger partial charge is 0.377 e. The molecule has 6 rings (SSSR count). The molecule has 6 aromatic carbocycles. The van der Waals surface area contributed by atoms with Crippen LogP contribution in [0.3, 0.4) is 0 Å². The van der Waals surface area contributed by atoms with Gasteiger partial charge in [0.2, 0.25) is 0 Å². The molecule has 0 heterocycles. The Morgan fingerprint density at radius 3 is 0.887 bits per heavy atom. The van der Waals surface area contributed by atoms with Crippen molar-refractivity contribution in [3.63, 3.8) is 0 Å². The van der Waals surface area contributed by atoms with Crippen molar-refractivity contribution >= 4 is 63.3 Å². The molecule has 0 aliphatic heterocycles. The zero-order chi connectivity index (χ0) is 46.7. The topological polar surface area (TPSA) is 86.7 Å². The molecule has 0 aromatic heterocycles. The molecule has 0 N–H and O–H groups in total. The van der Waals surface area contributed by atoms with Gasteiger partial charge in [0.05, 0.1) is 0 Å². The lowest BCUT2D eigenvalue weighted by Crippen LogP contribution is -2.63. The SMILES string of the molecule is O=S(=O)(Oc1ccc2cc3ccccc3cc2c1-c1c(OS(=O)(=O)C(F)(F)C(F)(F)C(F)(F)C(F)(F)F)ccc2cc3ccccc3cc12)C(F)(F)C(F)(F)C(F)(F)C(F)(F)F. The quantitative estimate of drug-likeness (QED) is 0.0730. The lowest BCUT2D eigenvalue weighted by molar-refractivity contribution is -0.382. The highest BCUT2D eigenvalue weighted by Crippen LogP contribution is 2.58. The Kier molecular flexibility index (Phi) is 10.5. The summed E-state index contributed by atoms with van der Waals surface area (Å²) in [6.07, 6.45) is -15.1. The molecule has 0 unspecified atom stereocenters. The van der Waals surface area contributed by atoms with Crippen molar-refractivity contribution in [2.24, 2.45) is 0 Å². The fourth-order valence-electron chi connectivity index (χ4n) is 6.02. The molecule has 0 saturated heterocycles. The molecule has 0 bridgehead atoms. The van der Waals surface area contributed by atoms with Crippen LogP contribution in [0.15, 0.2) is 97.1 Å². The van der Waals surface area contributed by atoms with E-state index in [1.54, 1.807) is 0 Å². The number of benzene rings is 6. The molecule has 62 heavy (non-hydrogen) atoms. The van der Waals surface area contributed by atoms with E-state index in [4.69, 9.17) is 0 Å². The van der Waals surface area contributed by atoms with E-state index in [0.29, 0.717) is 12.1 Å². The Labute approximate surface area is 333 Å². The van der Waals surface area contributed by atoms with Crippen molar-refractivity contribution in [1.82, 2.24) is 0 Å². The summed E-state index contributed by atoms with van der Waals surface area (Å²) in [5.41, 5.74) is -2.64. The minimum Gasteiger partial charge on any atom is -0.377 e. The van der Waals surface area contributed by atoms with E-state index in [1.807, 2.05) is 0 Å². The Hall–Kier alpha value is -5.40. The van der Waals surface area contributed by atoms with Gasteiger partial charge in [-0.2, -0.15) is 95.9 Å². The first-order valence-electron chi connectivity index (χ1n) is 16.3. The van der Waals surface area contributed by atoms with Crippen molar-refractivity contribution in [3.05, 3.63) is 97.1 Å². The van der Waals surface area contributed by atoms with Gasteiger partial charge in [0, 0.05) is 11.1 Å². The van der Waals surface area contributed by atoms with Crippen molar-refractivity contribution in [2.45, 2.75) is 46.6 Å². The Morgan fingerprint density at radius 1 is 0.339 bits per heavy atom. The van der Waals surface area contributed by atoms with Crippen LogP contribution in [0.25, 0.3) is 54.2 Å². The number of alkyl halides is 18. The third-order valence-electron chi connectivity index (χ3n) is 9.20. The fourth-order valence-corrected chi connectivity index (χ4v) is 7.86. The summed E-state index contributed by atoms with van der Waals surface area (Å²) in [6, 6.07) is 16.9. The second kappa shape index (κ2) is 14.1. The summed E-state index contributed by atoms with van der Waals surface area (Å²) in [6.45, 7) is 0. The van der Waals surface area contributed by atoms with E-state index in [1.165, 1.54) is 60.7 Å². The number of fused-ring (bicyclic) bond motifs is 4. The molecule has 0 aliphatic carbocycles. The molecule has 0 aliphatic rings. The highest BCUT2D eigenvalue weighted by atomic mass is 32.2. The number of halogens is 18. The third-order valence-corrected chi connectivity index (χ3v) is 11.8. The maximum absolute atomic E-state index is 15.1. The molecule has 334 valence electrons. The van der Waals surface area contributed by atoms with Crippen LogP contribution in [0.5, 0.6) is 11.5 Å². The summed E-state index contributed by atoms with van der Waals surface area (Å²) in [7, 11) is -15.8. The largest absolute Gasteiger partial charge is 0.460 e. The predicted molar refractivity (Wildman–Crippen MR) is 183 cm³/mol. The molecule has 0 amide bonds. The Balaban J connectivity index is 1.72. The van der Waals surface area contributed by atoms with Gasteiger partial charge >= 0.3 is 66.8 Å². The second-order valence-corrected chi connectivity index (χ2v) is 16.3. The number of hydrogen-bond acceptors (Lipinski definition) is 6. The second-order valence-electron chi connectivity index (χ2n) is 13.1. The summed E-state index contributed by atoms with van der Waals surface area (Å²) in [4.78, 5) is 0. The van der Waals surface area contributed by atoms with Gasteiger partial charge in [0.15, 0.2) is 11.5 Å². The summed E-state index contributed by atoms with van der Waals surface area (Å²) < 4.78 is 311. The van der Waals surface area contributed by atoms with Gasteiger partial charge in [0.1, 0.15) is 0 Å². The van der Waals surface area contributed by atoms with Gasteiger partial charge in [-0.3, -0.25) is 0 Å².